The highest BCUT2D eigenvalue weighted by Crippen LogP contribution is 2.21. The lowest BCUT2D eigenvalue weighted by molar-refractivity contribution is 0.132. The summed E-state index contributed by atoms with van der Waals surface area (Å²) in [5, 5.41) is 5.15. The number of oxime groups is 1. The molecule has 0 fully saturated rings. The van der Waals surface area contributed by atoms with Crippen molar-refractivity contribution >= 4 is 33.0 Å². The summed E-state index contributed by atoms with van der Waals surface area (Å²) >= 11 is 3.47. The molecule has 0 aliphatic carbocycles. The molecular formula is C16H13BrN2O. The normalized spacial score (nSPS) is 11.2. The molecule has 4 heteroatoms. The number of hydrogen-bond donors (Lipinski definition) is 1. The molecule has 0 bridgehead atoms. The van der Waals surface area contributed by atoms with Crippen molar-refractivity contribution in [2.45, 2.75) is 6.61 Å². The number of hydrogen-bond acceptors (Lipinski definition) is 2. The molecule has 20 heavy (non-hydrogen) atoms. The molecule has 0 saturated carbocycles. The van der Waals surface area contributed by atoms with Gasteiger partial charge in [0.2, 0.25) is 0 Å². The second-order valence-electron chi connectivity index (χ2n) is 4.43. The Morgan fingerprint density at radius 3 is 2.85 bits per heavy atom. The maximum absolute atomic E-state index is 5.32. The summed E-state index contributed by atoms with van der Waals surface area (Å²) in [6.45, 7) is 0.476. The molecule has 100 valence electrons. The number of aromatic amines is 1. The number of halogens is 1. The van der Waals surface area contributed by atoms with E-state index in [0.29, 0.717) is 6.61 Å². The minimum Gasteiger partial charge on any atom is -0.391 e. The van der Waals surface area contributed by atoms with Gasteiger partial charge in [0.25, 0.3) is 0 Å². The van der Waals surface area contributed by atoms with Gasteiger partial charge in [-0.2, -0.15) is 0 Å². The van der Waals surface area contributed by atoms with Crippen molar-refractivity contribution in [1.82, 2.24) is 4.98 Å². The molecule has 0 spiro atoms. The van der Waals surface area contributed by atoms with E-state index in [1.165, 1.54) is 0 Å². The van der Waals surface area contributed by atoms with E-state index in [-0.39, 0.29) is 0 Å². The van der Waals surface area contributed by atoms with Crippen LogP contribution in [0.4, 0.5) is 0 Å². The van der Waals surface area contributed by atoms with Gasteiger partial charge in [-0.1, -0.05) is 51.4 Å². The first-order valence-corrected chi connectivity index (χ1v) is 7.08. The molecule has 0 saturated heterocycles. The highest BCUT2D eigenvalue weighted by atomic mass is 79.9. The lowest BCUT2D eigenvalue weighted by Crippen LogP contribution is -1.87. The monoisotopic (exact) mass is 328 g/mol. The predicted octanol–water partition coefficient (Wildman–Crippen LogP) is 4.48. The lowest BCUT2D eigenvalue weighted by atomic mass is 10.2. The highest BCUT2D eigenvalue weighted by molar-refractivity contribution is 9.10. The molecular weight excluding hydrogens is 316 g/mol. The Morgan fingerprint density at radius 2 is 2.00 bits per heavy atom. The summed E-state index contributed by atoms with van der Waals surface area (Å²) in [6, 6.07) is 16.1. The zero-order valence-corrected chi connectivity index (χ0v) is 12.3. The molecule has 1 N–H and O–H groups in total. The molecule has 1 heterocycles. The number of benzene rings is 2. The maximum atomic E-state index is 5.32. The van der Waals surface area contributed by atoms with Gasteiger partial charge < -0.3 is 9.82 Å². The van der Waals surface area contributed by atoms with E-state index in [0.717, 1.165) is 26.5 Å². The number of H-pyrrole nitrogens is 1. The zero-order chi connectivity index (χ0) is 13.8. The van der Waals surface area contributed by atoms with E-state index in [9.17, 15) is 0 Å². The Kier molecular flexibility index (Phi) is 3.83. The third kappa shape index (κ3) is 2.91. The number of nitrogens with zero attached hydrogens (tertiary/aromatic N) is 1. The fourth-order valence-corrected chi connectivity index (χ4v) is 2.36. The second kappa shape index (κ2) is 5.92. The summed E-state index contributed by atoms with van der Waals surface area (Å²) < 4.78 is 1.05. The van der Waals surface area contributed by atoms with Crippen LogP contribution in [0, 0.1) is 0 Å². The number of nitrogens with one attached hydrogen (secondary N) is 1. The van der Waals surface area contributed by atoms with Crippen LogP contribution in [-0.2, 0) is 11.4 Å². The quantitative estimate of drug-likeness (QED) is 0.556. The van der Waals surface area contributed by atoms with Crippen molar-refractivity contribution in [3.8, 4) is 0 Å². The van der Waals surface area contributed by atoms with Crippen molar-refractivity contribution in [3.05, 3.63) is 70.3 Å². The van der Waals surface area contributed by atoms with Gasteiger partial charge in [0.1, 0.15) is 6.61 Å². The summed E-state index contributed by atoms with van der Waals surface area (Å²) in [5.74, 6) is 0. The number of rotatable bonds is 4. The van der Waals surface area contributed by atoms with E-state index in [4.69, 9.17) is 4.84 Å². The summed E-state index contributed by atoms with van der Waals surface area (Å²) in [7, 11) is 0. The average molecular weight is 329 g/mol. The third-order valence-corrected chi connectivity index (χ3v) is 3.51. The molecule has 0 radical (unpaired) electrons. The van der Waals surface area contributed by atoms with Crippen molar-refractivity contribution in [1.29, 1.82) is 0 Å². The fraction of sp³-hybridized carbons (Fsp3) is 0.0625. The molecule has 3 aromatic rings. The van der Waals surface area contributed by atoms with Crippen molar-refractivity contribution < 1.29 is 4.84 Å². The van der Waals surface area contributed by atoms with Crippen LogP contribution >= 0.6 is 15.9 Å². The molecule has 0 aliphatic heterocycles. The van der Waals surface area contributed by atoms with E-state index >= 15 is 0 Å². The fourth-order valence-electron chi connectivity index (χ4n) is 2.00. The summed E-state index contributed by atoms with van der Waals surface area (Å²) in [5.41, 5.74) is 3.19. The van der Waals surface area contributed by atoms with Crippen LogP contribution in [-0.4, -0.2) is 11.2 Å². The average Bonchev–Trinajstić information content (AvgIpc) is 2.87. The van der Waals surface area contributed by atoms with Gasteiger partial charge in [0.15, 0.2) is 0 Å². The Morgan fingerprint density at radius 1 is 1.15 bits per heavy atom. The van der Waals surface area contributed by atoms with Gasteiger partial charge in [-0.05, 0) is 23.8 Å². The Labute approximate surface area is 125 Å². The number of fused-ring (bicyclic) bond motifs is 1. The summed E-state index contributed by atoms with van der Waals surface area (Å²) in [4.78, 5) is 8.52. The van der Waals surface area contributed by atoms with Crippen molar-refractivity contribution in [2.24, 2.45) is 5.16 Å². The minimum atomic E-state index is 0.476. The van der Waals surface area contributed by atoms with E-state index < -0.39 is 0 Å². The first-order valence-electron chi connectivity index (χ1n) is 6.29. The molecule has 0 aliphatic rings. The van der Waals surface area contributed by atoms with Crippen molar-refractivity contribution in [3.63, 3.8) is 0 Å². The molecule has 0 unspecified atom stereocenters. The number of aromatic nitrogens is 1. The van der Waals surface area contributed by atoms with Crippen LogP contribution in [0.25, 0.3) is 10.9 Å². The predicted molar refractivity (Wildman–Crippen MR) is 84.8 cm³/mol. The van der Waals surface area contributed by atoms with Gasteiger partial charge in [-0.25, -0.2) is 0 Å². The largest absolute Gasteiger partial charge is 0.391 e. The van der Waals surface area contributed by atoms with Gasteiger partial charge in [-0.15, -0.1) is 0 Å². The molecule has 0 atom stereocenters. The molecule has 2 aromatic carbocycles. The first kappa shape index (κ1) is 12.9. The highest BCUT2D eigenvalue weighted by Gasteiger charge is 2.01. The Bertz CT molecular complexity index is 735. The van der Waals surface area contributed by atoms with Crippen LogP contribution < -0.4 is 0 Å². The van der Waals surface area contributed by atoms with Crippen LogP contribution in [0.5, 0.6) is 0 Å². The zero-order valence-electron chi connectivity index (χ0n) is 10.7. The van der Waals surface area contributed by atoms with Gasteiger partial charge in [0.05, 0.1) is 6.21 Å². The summed E-state index contributed by atoms with van der Waals surface area (Å²) in [6.07, 6.45) is 3.65. The van der Waals surface area contributed by atoms with Gasteiger partial charge in [-0.3, -0.25) is 0 Å². The van der Waals surface area contributed by atoms with Crippen LogP contribution in [0.15, 0.2) is 64.4 Å². The van der Waals surface area contributed by atoms with E-state index in [2.05, 4.69) is 32.1 Å². The minimum absolute atomic E-state index is 0.476. The van der Waals surface area contributed by atoms with Crippen LogP contribution in [0.2, 0.25) is 0 Å². The molecule has 3 nitrogen and oxygen atoms in total. The molecule has 3 rings (SSSR count). The molecule has 1 aromatic heterocycles. The van der Waals surface area contributed by atoms with Gasteiger partial charge in [0, 0.05) is 27.1 Å². The van der Waals surface area contributed by atoms with E-state index in [1.807, 2.05) is 48.7 Å². The van der Waals surface area contributed by atoms with Crippen LogP contribution in [0.3, 0.4) is 0 Å². The van der Waals surface area contributed by atoms with Gasteiger partial charge >= 0.3 is 0 Å². The van der Waals surface area contributed by atoms with Crippen molar-refractivity contribution in [2.75, 3.05) is 0 Å². The standard InChI is InChI=1S/C16H13BrN2O/c17-14-6-7-16-15(8-14)13(9-18-16)10-19-20-11-12-4-2-1-3-5-12/h1-10,18H,11H2. The second-order valence-corrected chi connectivity index (χ2v) is 5.34. The third-order valence-electron chi connectivity index (χ3n) is 3.02. The van der Waals surface area contributed by atoms with Crippen LogP contribution in [0.1, 0.15) is 11.1 Å². The smallest absolute Gasteiger partial charge is 0.142 e. The first-order chi connectivity index (χ1) is 9.83. The lowest BCUT2D eigenvalue weighted by Gasteiger charge is -1.98. The Hall–Kier alpha value is -2.07. The topological polar surface area (TPSA) is 37.4 Å². The SMILES string of the molecule is Brc1ccc2[nH]cc(C=NOCc3ccccc3)c2c1. The molecule has 0 amide bonds. The van der Waals surface area contributed by atoms with E-state index in [1.54, 1.807) is 6.21 Å². The maximum Gasteiger partial charge on any atom is 0.142 e. The Balaban J connectivity index is 1.70.